The predicted octanol–water partition coefficient (Wildman–Crippen LogP) is 3.14. The highest BCUT2D eigenvalue weighted by Gasteiger charge is 2.22. The van der Waals surface area contributed by atoms with Gasteiger partial charge in [0.05, 0.1) is 11.4 Å². The molecular formula is C18H30ClN3O3S. The fraction of sp³-hybridized carbons (Fsp3) is 0.611. The average Bonchev–Trinajstić information content (AvgIpc) is 2.58. The van der Waals surface area contributed by atoms with E-state index in [9.17, 15) is 13.2 Å². The highest BCUT2D eigenvalue weighted by atomic mass is 35.5. The maximum atomic E-state index is 12.3. The van der Waals surface area contributed by atoms with Crippen molar-refractivity contribution in [1.29, 1.82) is 0 Å². The van der Waals surface area contributed by atoms with Gasteiger partial charge in [-0.1, -0.05) is 6.92 Å². The Morgan fingerprint density at radius 2 is 1.96 bits per heavy atom. The summed E-state index contributed by atoms with van der Waals surface area (Å²) in [6.07, 6.45) is 2.76. The second kappa shape index (κ2) is 10.1. The first-order valence-corrected chi connectivity index (χ1v) is 10.6. The zero-order valence-corrected chi connectivity index (χ0v) is 17.3. The lowest BCUT2D eigenvalue weighted by Gasteiger charge is -2.27. The molecule has 1 aliphatic heterocycles. The molecule has 26 heavy (non-hydrogen) atoms. The van der Waals surface area contributed by atoms with Crippen LogP contribution in [0.25, 0.3) is 0 Å². The molecule has 1 aromatic rings. The van der Waals surface area contributed by atoms with Crippen LogP contribution in [0.2, 0.25) is 0 Å². The highest BCUT2D eigenvalue weighted by Crippen LogP contribution is 2.25. The van der Waals surface area contributed by atoms with E-state index in [1.165, 1.54) is 0 Å². The second-order valence-electron chi connectivity index (χ2n) is 6.85. The minimum absolute atomic E-state index is 0. The maximum Gasteiger partial charge on any atom is 0.232 e. The zero-order chi connectivity index (χ0) is 18.4. The van der Waals surface area contributed by atoms with Gasteiger partial charge in [-0.25, -0.2) is 8.42 Å². The molecule has 0 aliphatic carbocycles. The Morgan fingerprint density at radius 3 is 2.54 bits per heavy atom. The van der Waals surface area contributed by atoms with E-state index >= 15 is 0 Å². The van der Waals surface area contributed by atoms with Gasteiger partial charge in [-0.3, -0.25) is 9.52 Å². The first-order valence-electron chi connectivity index (χ1n) is 8.92. The zero-order valence-electron chi connectivity index (χ0n) is 15.7. The first-order chi connectivity index (χ1) is 11.8. The van der Waals surface area contributed by atoms with Crippen molar-refractivity contribution in [2.45, 2.75) is 40.0 Å². The normalized spacial score (nSPS) is 16.4. The van der Waals surface area contributed by atoms with Gasteiger partial charge in [0, 0.05) is 12.1 Å². The third kappa shape index (κ3) is 6.78. The molecule has 0 aromatic heterocycles. The monoisotopic (exact) mass is 403 g/mol. The van der Waals surface area contributed by atoms with E-state index in [2.05, 4.69) is 22.3 Å². The van der Waals surface area contributed by atoms with Gasteiger partial charge in [0.15, 0.2) is 0 Å². The summed E-state index contributed by atoms with van der Waals surface area (Å²) in [4.78, 5) is 12.3. The smallest absolute Gasteiger partial charge is 0.232 e. The van der Waals surface area contributed by atoms with Crippen LogP contribution < -0.4 is 15.4 Å². The number of anilines is 2. The number of aryl methyl sites for hydroxylation is 1. The summed E-state index contributed by atoms with van der Waals surface area (Å²) in [5.41, 5.74) is 2.02. The number of nitrogens with one attached hydrogen (secondary N) is 3. The second-order valence-corrected chi connectivity index (χ2v) is 8.86. The summed E-state index contributed by atoms with van der Waals surface area (Å²) in [5.74, 6) is 0.991. The van der Waals surface area contributed by atoms with E-state index in [-0.39, 0.29) is 24.1 Å². The van der Waals surface area contributed by atoms with Crippen LogP contribution in [0.3, 0.4) is 0 Å². The first kappa shape index (κ1) is 22.7. The van der Waals surface area contributed by atoms with Crippen LogP contribution in [0.15, 0.2) is 18.2 Å². The standard InChI is InChI=1S/C18H29N3O3S.ClH/c1-4-25(23,24)21-17-6-5-16(11-14(17)3)20-18(22)12-13(2)15-7-9-19-10-8-15;/h5-6,11,13,15,19,21H,4,7-10,12H2,1-3H3,(H,20,22);1H. The van der Waals surface area contributed by atoms with E-state index in [0.29, 0.717) is 29.6 Å². The average molecular weight is 404 g/mol. The molecule has 0 spiro atoms. The van der Waals surface area contributed by atoms with E-state index < -0.39 is 10.0 Å². The van der Waals surface area contributed by atoms with Crippen LogP contribution in [-0.2, 0) is 14.8 Å². The summed E-state index contributed by atoms with van der Waals surface area (Å²) >= 11 is 0. The fourth-order valence-corrected chi connectivity index (χ4v) is 3.89. The maximum absolute atomic E-state index is 12.3. The number of carbonyl (C=O) groups excluding carboxylic acids is 1. The fourth-order valence-electron chi connectivity index (χ4n) is 3.18. The molecule has 148 valence electrons. The van der Waals surface area contributed by atoms with Crippen molar-refractivity contribution in [3.63, 3.8) is 0 Å². The number of hydrogen-bond donors (Lipinski definition) is 3. The van der Waals surface area contributed by atoms with Crippen LogP contribution in [0, 0.1) is 18.8 Å². The number of benzene rings is 1. The lowest BCUT2D eigenvalue weighted by Crippen LogP contribution is -2.32. The molecule has 0 radical (unpaired) electrons. The largest absolute Gasteiger partial charge is 0.326 e. The number of carbonyl (C=O) groups is 1. The molecule has 1 saturated heterocycles. The molecule has 1 aromatic carbocycles. The van der Waals surface area contributed by atoms with Gasteiger partial charge in [0.2, 0.25) is 15.9 Å². The minimum atomic E-state index is -3.30. The van der Waals surface area contributed by atoms with Crippen molar-refractivity contribution >= 4 is 39.7 Å². The molecule has 0 saturated carbocycles. The van der Waals surface area contributed by atoms with Crippen LogP contribution in [0.1, 0.15) is 38.7 Å². The third-order valence-electron chi connectivity index (χ3n) is 4.85. The molecule has 3 N–H and O–H groups in total. The van der Waals surface area contributed by atoms with Crippen molar-refractivity contribution in [1.82, 2.24) is 5.32 Å². The van der Waals surface area contributed by atoms with E-state index in [1.807, 2.05) is 6.92 Å². The van der Waals surface area contributed by atoms with Gasteiger partial charge in [0.1, 0.15) is 0 Å². The Morgan fingerprint density at radius 1 is 1.31 bits per heavy atom. The van der Waals surface area contributed by atoms with E-state index in [4.69, 9.17) is 0 Å². The molecule has 8 heteroatoms. The van der Waals surface area contributed by atoms with Crippen LogP contribution in [0.5, 0.6) is 0 Å². The van der Waals surface area contributed by atoms with Crippen molar-refractivity contribution in [2.75, 3.05) is 28.9 Å². The van der Waals surface area contributed by atoms with Crippen LogP contribution >= 0.6 is 12.4 Å². The predicted molar refractivity (Wildman–Crippen MR) is 110 cm³/mol. The summed E-state index contributed by atoms with van der Waals surface area (Å²) in [5, 5.41) is 6.27. The molecule has 1 amide bonds. The van der Waals surface area contributed by atoms with Crippen molar-refractivity contribution in [2.24, 2.45) is 11.8 Å². The lowest BCUT2D eigenvalue weighted by molar-refractivity contribution is -0.117. The lowest BCUT2D eigenvalue weighted by atomic mass is 9.84. The number of amides is 1. The van der Waals surface area contributed by atoms with E-state index in [0.717, 1.165) is 31.5 Å². The molecule has 6 nitrogen and oxygen atoms in total. The molecule has 1 aliphatic rings. The number of rotatable bonds is 7. The summed E-state index contributed by atoms with van der Waals surface area (Å²) < 4.78 is 25.9. The number of sulfonamides is 1. The van der Waals surface area contributed by atoms with Gasteiger partial charge in [-0.05, 0) is 75.4 Å². The number of piperidine rings is 1. The Balaban J connectivity index is 0.00000338. The van der Waals surface area contributed by atoms with Gasteiger partial charge >= 0.3 is 0 Å². The van der Waals surface area contributed by atoms with Crippen molar-refractivity contribution in [3.8, 4) is 0 Å². The summed E-state index contributed by atoms with van der Waals surface area (Å²) in [6, 6.07) is 5.21. The molecule has 1 unspecified atom stereocenters. The Kier molecular flexibility index (Phi) is 8.86. The minimum Gasteiger partial charge on any atom is -0.326 e. The van der Waals surface area contributed by atoms with Crippen molar-refractivity contribution in [3.05, 3.63) is 23.8 Å². The summed E-state index contributed by atoms with van der Waals surface area (Å²) in [6.45, 7) is 7.62. The van der Waals surface area contributed by atoms with Crippen LogP contribution in [0.4, 0.5) is 11.4 Å². The molecule has 1 atom stereocenters. The topological polar surface area (TPSA) is 87.3 Å². The Bertz CT molecular complexity index is 704. The SMILES string of the molecule is CCS(=O)(=O)Nc1ccc(NC(=O)CC(C)C2CCNCC2)cc1C.Cl. The van der Waals surface area contributed by atoms with Gasteiger partial charge in [-0.15, -0.1) is 12.4 Å². The highest BCUT2D eigenvalue weighted by molar-refractivity contribution is 7.92. The molecule has 0 bridgehead atoms. The third-order valence-corrected chi connectivity index (χ3v) is 6.14. The van der Waals surface area contributed by atoms with Crippen LogP contribution in [-0.4, -0.2) is 33.2 Å². The van der Waals surface area contributed by atoms with Gasteiger partial charge < -0.3 is 10.6 Å². The van der Waals surface area contributed by atoms with Gasteiger partial charge in [0.25, 0.3) is 0 Å². The van der Waals surface area contributed by atoms with Crippen molar-refractivity contribution < 1.29 is 13.2 Å². The molecule has 2 rings (SSSR count). The Hall–Kier alpha value is -1.31. The molecule has 1 fully saturated rings. The molecular weight excluding hydrogens is 374 g/mol. The molecule has 1 heterocycles. The van der Waals surface area contributed by atoms with Gasteiger partial charge in [-0.2, -0.15) is 0 Å². The summed E-state index contributed by atoms with van der Waals surface area (Å²) in [7, 11) is -3.30. The number of hydrogen-bond acceptors (Lipinski definition) is 4. The number of halogens is 1. The quantitative estimate of drug-likeness (QED) is 0.652. The van der Waals surface area contributed by atoms with E-state index in [1.54, 1.807) is 25.1 Å². The Labute approximate surface area is 163 Å².